The first-order chi connectivity index (χ1) is 4.47. The van der Waals surface area contributed by atoms with Crippen LogP contribution in [0.1, 0.15) is 0 Å². The Morgan fingerprint density at radius 3 is 3.22 bits per heavy atom. The molecule has 0 fully saturated rings. The summed E-state index contributed by atoms with van der Waals surface area (Å²) < 4.78 is 1.55. The number of nitrogens with zero attached hydrogens (tertiary/aromatic N) is 5. The van der Waals surface area contributed by atoms with Crippen molar-refractivity contribution < 1.29 is 0 Å². The Balaban J connectivity index is 2.95. The molecular formula is C4H3N5. The number of hydrogen-bond donors (Lipinski definition) is 0. The molecule has 0 saturated carbocycles. The average Bonchev–Trinajstić information content (AvgIpc) is 2.33. The van der Waals surface area contributed by atoms with Crippen LogP contribution in [-0.4, -0.2) is 25.0 Å². The highest BCUT2D eigenvalue weighted by Gasteiger charge is 1.89. The first-order valence-corrected chi connectivity index (χ1v) is 2.44. The highest BCUT2D eigenvalue weighted by molar-refractivity contribution is 5.28. The van der Waals surface area contributed by atoms with Gasteiger partial charge in [0.1, 0.15) is 0 Å². The van der Waals surface area contributed by atoms with Gasteiger partial charge < -0.3 is 0 Å². The molecule has 0 saturated heterocycles. The Morgan fingerprint density at radius 1 is 1.33 bits per heavy atom. The smallest absolute Gasteiger partial charge is 0.197 e. The largest absolute Gasteiger partial charge is 0.199 e. The zero-order chi connectivity index (χ0) is 6.10. The summed E-state index contributed by atoms with van der Waals surface area (Å²) in [6, 6.07) is 0. The van der Waals surface area contributed by atoms with Crippen molar-refractivity contribution in [1.82, 2.24) is 25.0 Å². The van der Waals surface area contributed by atoms with E-state index in [0.717, 1.165) is 0 Å². The van der Waals surface area contributed by atoms with E-state index in [4.69, 9.17) is 0 Å². The molecule has 0 amide bonds. The molecule has 0 unspecified atom stereocenters. The minimum atomic E-state index is 0.664. The van der Waals surface area contributed by atoms with Crippen LogP contribution < -0.4 is 0 Å². The fourth-order valence-corrected chi connectivity index (χ4v) is 0.601. The van der Waals surface area contributed by atoms with E-state index in [1.807, 2.05) is 0 Å². The van der Waals surface area contributed by atoms with Crippen molar-refractivity contribution in [2.75, 3.05) is 0 Å². The van der Waals surface area contributed by atoms with Crippen molar-refractivity contribution in [3.63, 3.8) is 0 Å². The molecule has 0 aliphatic heterocycles. The van der Waals surface area contributed by atoms with Crippen LogP contribution in [0.2, 0.25) is 0 Å². The molecule has 44 valence electrons. The Bertz CT molecular complexity index is 283. The molecule has 5 heteroatoms. The maximum absolute atomic E-state index is 3.73. The topological polar surface area (TPSA) is 56.0 Å². The van der Waals surface area contributed by atoms with E-state index in [0.29, 0.717) is 5.65 Å². The standard InChI is InChI=1S/C4H3N5/c1-2-9-4(7-5-1)3-6-8-9/h1-3H. The summed E-state index contributed by atoms with van der Waals surface area (Å²) in [7, 11) is 0. The molecule has 2 aromatic heterocycles. The molecule has 9 heavy (non-hydrogen) atoms. The fraction of sp³-hybridized carbons (Fsp3) is 0. The Kier molecular flexibility index (Phi) is 0.717. The van der Waals surface area contributed by atoms with Gasteiger partial charge in [-0.1, -0.05) is 5.21 Å². The quantitative estimate of drug-likeness (QED) is 0.472. The number of aromatic nitrogens is 5. The minimum Gasteiger partial charge on any atom is -0.199 e. The van der Waals surface area contributed by atoms with Gasteiger partial charge in [0.05, 0.1) is 18.6 Å². The van der Waals surface area contributed by atoms with E-state index < -0.39 is 0 Å². The summed E-state index contributed by atoms with van der Waals surface area (Å²) in [4.78, 5) is 0. The molecule has 0 atom stereocenters. The third-order valence-electron chi connectivity index (χ3n) is 0.991. The first-order valence-electron chi connectivity index (χ1n) is 2.44. The highest BCUT2D eigenvalue weighted by atomic mass is 15.4. The number of fused-ring (bicyclic) bond motifs is 1. The van der Waals surface area contributed by atoms with E-state index in [9.17, 15) is 0 Å². The summed E-state index contributed by atoms with van der Waals surface area (Å²) in [6.07, 6.45) is 4.80. The van der Waals surface area contributed by atoms with Crippen molar-refractivity contribution in [2.45, 2.75) is 0 Å². The third kappa shape index (κ3) is 0.543. The van der Waals surface area contributed by atoms with Gasteiger partial charge in [0.15, 0.2) is 5.65 Å². The number of rotatable bonds is 0. The second-order valence-electron chi connectivity index (χ2n) is 1.55. The predicted octanol–water partition coefficient (Wildman–Crippen LogP) is -0.481. The minimum absolute atomic E-state index is 0.664. The molecule has 0 N–H and O–H groups in total. The van der Waals surface area contributed by atoms with Crippen molar-refractivity contribution in [3.8, 4) is 0 Å². The monoisotopic (exact) mass is 121 g/mol. The molecule has 2 heterocycles. The van der Waals surface area contributed by atoms with E-state index in [2.05, 4.69) is 20.5 Å². The molecule has 0 aliphatic carbocycles. The van der Waals surface area contributed by atoms with Gasteiger partial charge in [0.25, 0.3) is 0 Å². The van der Waals surface area contributed by atoms with Gasteiger partial charge >= 0.3 is 0 Å². The molecule has 0 bridgehead atoms. The lowest BCUT2D eigenvalue weighted by Crippen LogP contribution is -1.89. The molecular weight excluding hydrogens is 118 g/mol. The van der Waals surface area contributed by atoms with Gasteiger partial charge in [-0.2, -0.15) is 9.61 Å². The summed E-state index contributed by atoms with van der Waals surface area (Å²) in [5.41, 5.74) is 0.664. The van der Waals surface area contributed by atoms with Gasteiger partial charge in [-0.15, -0.1) is 10.2 Å². The lowest BCUT2D eigenvalue weighted by molar-refractivity contribution is 0.826. The SMILES string of the molecule is c1cn2nncc2nn1. The summed E-state index contributed by atoms with van der Waals surface area (Å²) in [5, 5.41) is 14.7. The van der Waals surface area contributed by atoms with Crippen LogP contribution in [0.25, 0.3) is 5.65 Å². The third-order valence-corrected chi connectivity index (χ3v) is 0.991. The van der Waals surface area contributed by atoms with E-state index in [1.54, 1.807) is 23.1 Å². The lowest BCUT2D eigenvalue weighted by Gasteiger charge is -1.82. The molecule has 2 rings (SSSR count). The maximum Gasteiger partial charge on any atom is 0.197 e. The van der Waals surface area contributed by atoms with Crippen LogP contribution in [0, 0.1) is 0 Å². The predicted molar refractivity (Wildman–Crippen MR) is 28.6 cm³/mol. The van der Waals surface area contributed by atoms with E-state index >= 15 is 0 Å². The van der Waals surface area contributed by atoms with E-state index in [1.165, 1.54) is 0 Å². The van der Waals surface area contributed by atoms with Crippen molar-refractivity contribution >= 4 is 5.65 Å². The Morgan fingerprint density at radius 2 is 2.33 bits per heavy atom. The van der Waals surface area contributed by atoms with Crippen LogP contribution in [0.5, 0.6) is 0 Å². The van der Waals surface area contributed by atoms with Crippen LogP contribution in [-0.2, 0) is 0 Å². The van der Waals surface area contributed by atoms with Crippen LogP contribution in [0.15, 0.2) is 18.6 Å². The van der Waals surface area contributed by atoms with Crippen LogP contribution in [0.3, 0.4) is 0 Å². The van der Waals surface area contributed by atoms with Crippen LogP contribution in [0.4, 0.5) is 0 Å². The van der Waals surface area contributed by atoms with Crippen LogP contribution >= 0.6 is 0 Å². The van der Waals surface area contributed by atoms with Gasteiger partial charge in [0.2, 0.25) is 0 Å². The zero-order valence-corrected chi connectivity index (χ0v) is 4.47. The van der Waals surface area contributed by atoms with Crippen molar-refractivity contribution in [2.24, 2.45) is 0 Å². The molecule has 5 nitrogen and oxygen atoms in total. The zero-order valence-electron chi connectivity index (χ0n) is 4.47. The second kappa shape index (κ2) is 1.48. The molecule has 0 aromatic carbocycles. The van der Waals surface area contributed by atoms with Gasteiger partial charge in [-0.05, 0) is 0 Å². The summed E-state index contributed by atoms with van der Waals surface area (Å²) >= 11 is 0. The Hall–Kier alpha value is -1.52. The number of hydrogen-bond acceptors (Lipinski definition) is 4. The maximum atomic E-state index is 3.73. The van der Waals surface area contributed by atoms with Gasteiger partial charge in [0, 0.05) is 0 Å². The van der Waals surface area contributed by atoms with Gasteiger partial charge in [-0.25, -0.2) is 0 Å². The molecule has 0 spiro atoms. The van der Waals surface area contributed by atoms with Crippen molar-refractivity contribution in [1.29, 1.82) is 0 Å². The van der Waals surface area contributed by atoms with Gasteiger partial charge in [-0.3, -0.25) is 0 Å². The molecule has 2 aromatic rings. The van der Waals surface area contributed by atoms with Crippen molar-refractivity contribution in [3.05, 3.63) is 18.6 Å². The fourth-order valence-electron chi connectivity index (χ4n) is 0.601. The average molecular weight is 121 g/mol. The first kappa shape index (κ1) is 4.37. The highest BCUT2D eigenvalue weighted by Crippen LogP contribution is 1.87. The van der Waals surface area contributed by atoms with E-state index in [-0.39, 0.29) is 0 Å². The summed E-state index contributed by atoms with van der Waals surface area (Å²) in [5.74, 6) is 0. The molecule has 0 aliphatic rings. The lowest BCUT2D eigenvalue weighted by atomic mass is 10.8. The normalized spacial score (nSPS) is 10.2. The second-order valence-corrected chi connectivity index (χ2v) is 1.55. The Labute approximate surface area is 50.3 Å². The summed E-state index contributed by atoms with van der Waals surface area (Å²) in [6.45, 7) is 0. The molecule has 0 radical (unpaired) electrons.